The first kappa shape index (κ1) is 15.1. The molecule has 0 amide bonds. The third-order valence-electron chi connectivity index (χ3n) is 3.25. The Balaban J connectivity index is 2.31. The summed E-state index contributed by atoms with van der Waals surface area (Å²) in [6.07, 6.45) is 2.05. The number of hydrogen-bond donors (Lipinski definition) is 1. The second kappa shape index (κ2) is 6.41. The van der Waals surface area contributed by atoms with E-state index in [0.29, 0.717) is 0 Å². The van der Waals surface area contributed by atoms with Crippen molar-refractivity contribution in [3.05, 3.63) is 46.2 Å². The van der Waals surface area contributed by atoms with Crippen molar-refractivity contribution in [2.24, 2.45) is 0 Å². The van der Waals surface area contributed by atoms with Gasteiger partial charge in [-0.1, -0.05) is 19.1 Å². The molecule has 2 aromatic rings. The number of aliphatic hydroxyl groups excluding tert-OH is 1. The molecule has 0 aliphatic rings. The average molecular weight is 338 g/mol. The molecule has 0 fully saturated rings. The lowest BCUT2D eigenvalue weighted by atomic mass is 10.1. The first-order valence-corrected chi connectivity index (χ1v) is 7.50. The van der Waals surface area contributed by atoms with Gasteiger partial charge in [-0.3, -0.25) is 4.68 Å². The van der Waals surface area contributed by atoms with E-state index in [4.69, 9.17) is 0 Å². The Labute approximate surface area is 128 Å². The van der Waals surface area contributed by atoms with Crippen molar-refractivity contribution in [2.45, 2.75) is 26.0 Å². The molecule has 1 N–H and O–H groups in total. The van der Waals surface area contributed by atoms with E-state index >= 15 is 0 Å². The van der Waals surface area contributed by atoms with Crippen LogP contribution in [-0.4, -0.2) is 29.0 Å². The lowest BCUT2D eigenvalue weighted by Gasteiger charge is -2.17. The molecule has 0 aliphatic carbocycles. The number of benzene rings is 1. The predicted molar refractivity (Wildman–Crippen MR) is 85.0 cm³/mol. The zero-order chi connectivity index (χ0) is 14.7. The third kappa shape index (κ3) is 3.04. The third-order valence-corrected chi connectivity index (χ3v) is 3.86. The van der Waals surface area contributed by atoms with E-state index in [9.17, 15) is 5.11 Å². The molecule has 1 unspecified atom stereocenters. The van der Waals surface area contributed by atoms with Crippen molar-refractivity contribution < 1.29 is 5.11 Å². The Kier molecular flexibility index (Phi) is 4.83. The summed E-state index contributed by atoms with van der Waals surface area (Å²) < 4.78 is 2.70. The second-order valence-electron chi connectivity index (χ2n) is 4.99. The molecule has 0 saturated carbocycles. The maximum absolute atomic E-state index is 10.6. The molecule has 0 saturated heterocycles. The summed E-state index contributed by atoms with van der Waals surface area (Å²) >= 11 is 3.47. The van der Waals surface area contributed by atoms with Crippen LogP contribution in [0.1, 0.15) is 30.7 Å². The van der Waals surface area contributed by atoms with Gasteiger partial charge in [-0.25, -0.2) is 0 Å². The molecule has 0 spiro atoms. The number of hydrogen-bond acceptors (Lipinski definition) is 3. The Hall–Kier alpha value is -1.33. The highest BCUT2D eigenvalue weighted by Crippen LogP contribution is 2.29. The van der Waals surface area contributed by atoms with E-state index in [1.807, 2.05) is 47.9 Å². The van der Waals surface area contributed by atoms with Gasteiger partial charge in [0.25, 0.3) is 0 Å². The van der Waals surface area contributed by atoms with E-state index in [1.54, 1.807) is 6.20 Å². The van der Waals surface area contributed by atoms with Crippen LogP contribution in [0.4, 0.5) is 5.69 Å². The summed E-state index contributed by atoms with van der Waals surface area (Å²) in [4.78, 5) is 2.04. The number of halogens is 1. The molecule has 0 bridgehead atoms. The number of nitrogens with zero attached hydrogens (tertiary/aromatic N) is 3. The smallest absolute Gasteiger partial charge is 0.122 e. The molecule has 20 heavy (non-hydrogen) atoms. The average Bonchev–Trinajstić information content (AvgIpc) is 2.79. The zero-order valence-corrected chi connectivity index (χ0v) is 13.6. The largest absolute Gasteiger partial charge is 0.382 e. The molecule has 4 nitrogen and oxygen atoms in total. The molecule has 2 rings (SSSR count). The first-order chi connectivity index (χ1) is 9.54. The Morgan fingerprint density at radius 2 is 1.95 bits per heavy atom. The first-order valence-electron chi connectivity index (χ1n) is 6.71. The van der Waals surface area contributed by atoms with Gasteiger partial charge in [0.15, 0.2) is 0 Å². The predicted octanol–water partition coefficient (Wildman–Crippen LogP) is 3.20. The van der Waals surface area contributed by atoms with E-state index in [-0.39, 0.29) is 0 Å². The highest BCUT2D eigenvalue weighted by atomic mass is 79.9. The molecule has 1 heterocycles. The maximum atomic E-state index is 10.6. The molecule has 5 heteroatoms. The van der Waals surface area contributed by atoms with Gasteiger partial charge in [0.2, 0.25) is 0 Å². The van der Waals surface area contributed by atoms with Gasteiger partial charge >= 0.3 is 0 Å². The minimum Gasteiger partial charge on any atom is -0.382 e. The quantitative estimate of drug-likeness (QED) is 0.910. The van der Waals surface area contributed by atoms with E-state index in [2.05, 4.69) is 28.0 Å². The normalized spacial score (nSPS) is 12.4. The second-order valence-corrected chi connectivity index (χ2v) is 5.84. The van der Waals surface area contributed by atoms with Crippen LogP contribution in [-0.2, 0) is 6.54 Å². The van der Waals surface area contributed by atoms with Crippen molar-refractivity contribution in [3.63, 3.8) is 0 Å². The van der Waals surface area contributed by atoms with Crippen molar-refractivity contribution >= 4 is 21.6 Å². The fourth-order valence-corrected chi connectivity index (χ4v) is 2.66. The van der Waals surface area contributed by atoms with Crippen molar-refractivity contribution in [1.29, 1.82) is 0 Å². The minimum atomic E-state index is -0.672. The van der Waals surface area contributed by atoms with Crippen LogP contribution < -0.4 is 4.90 Å². The number of rotatable bonds is 5. The Morgan fingerprint density at radius 1 is 1.30 bits per heavy atom. The SMILES string of the molecule is CCCn1ncc(Br)c1C(O)c1ccc(N(C)C)cc1. The maximum Gasteiger partial charge on any atom is 0.122 e. The van der Waals surface area contributed by atoms with E-state index in [0.717, 1.165) is 34.4 Å². The molecule has 1 aromatic carbocycles. The van der Waals surface area contributed by atoms with Gasteiger partial charge < -0.3 is 10.0 Å². The van der Waals surface area contributed by atoms with Crippen LogP contribution in [0.25, 0.3) is 0 Å². The summed E-state index contributed by atoms with van der Waals surface area (Å²) in [5.74, 6) is 0. The van der Waals surface area contributed by atoms with Crippen LogP contribution in [0.15, 0.2) is 34.9 Å². The molecule has 1 aromatic heterocycles. The Bertz CT molecular complexity index is 563. The Morgan fingerprint density at radius 3 is 2.50 bits per heavy atom. The molecular formula is C15H20BrN3O. The van der Waals surface area contributed by atoms with Crippen molar-refractivity contribution in [1.82, 2.24) is 9.78 Å². The summed E-state index contributed by atoms with van der Waals surface area (Å²) in [5, 5.41) is 14.9. The number of anilines is 1. The van der Waals surface area contributed by atoms with Crippen LogP contribution in [0.5, 0.6) is 0 Å². The fourth-order valence-electron chi connectivity index (χ4n) is 2.15. The van der Waals surface area contributed by atoms with E-state index in [1.165, 1.54) is 0 Å². The molecule has 108 valence electrons. The van der Waals surface area contributed by atoms with Crippen LogP contribution in [0.2, 0.25) is 0 Å². The van der Waals surface area contributed by atoms with Gasteiger partial charge in [0.1, 0.15) is 6.10 Å². The minimum absolute atomic E-state index is 0.672. The topological polar surface area (TPSA) is 41.3 Å². The van der Waals surface area contributed by atoms with Crippen LogP contribution >= 0.6 is 15.9 Å². The summed E-state index contributed by atoms with van der Waals surface area (Å²) in [7, 11) is 4.00. The van der Waals surface area contributed by atoms with Gasteiger partial charge in [0.05, 0.1) is 16.4 Å². The standard InChI is InChI=1S/C15H20BrN3O/c1-4-9-19-14(13(16)10-17-19)15(20)11-5-7-12(8-6-11)18(2)3/h5-8,10,15,20H,4,9H2,1-3H3. The van der Waals surface area contributed by atoms with Crippen molar-refractivity contribution in [2.75, 3.05) is 19.0 Å². The molecular weight excluding hydrogens is 318 g/mol. The zero-order valence-electron chi connectivity index (χ0n) is 12.0. The lowest BCUT2D eigenvalue weighted by molar-refractivity contribution is 0.206. The summed E-state index contributed by atoms with van der Waals surface area (Å²) in [6.45, 7) is 2.89. The van der Waals surface area contributed by atoms with E-state index < -0.39 is 6.10 Å². The van der Waals surface area contributed by atoms with Crippen molar-refractivity contribution in [3.8, 4) is 0 Å². The van der Waals surface area contributed by atoms with Crippen LogP contribution in [0.3, 0.4) is 0 Å². The summed E-state index contributed by atoms with van der Waals surface area (Å²) in [6, 6.07) is 7.92. The van der Waals surface area contributed by atoms with Gasteiger partial charge in [0, 0.05) is 26.3 Å². The molecule has 0 aliphatic heterocycles. The highest BCUT2D eigenvalue weighted by molar-refractivity contribution is 9.10. The summed E-state index contributed by atoms with van der Waals surface area (Å²) in [5.41, 5.74) is 2.79. The monoisotopic (exact) mass is 337 g/mol. The van der Waals surface area contributed by atoms with Gasteiger partial charge in [-0.15, -0.1) is 0 Å². The number of aromatic nitrogens is 2. The number of aryl methyl sites for hydroxylation is 1. The fraction of sp³-hybridized carbons (Fsp3) is 0.400. The van der Waals surface area contributed by atoms with Crippen LogP contribution in [0, 0.1) is 0 Å². The molecule has 1 atom stereocenters. The highest BCUT2D eigenvalue weighted by Gasteiger charge is 2.19. The van der Waals surface area contributed by atoms with Gasteiger partial charge in [-0.05, 0) is 40.0 Å². The number of aliphatic hydroxyl groups is 1. The lowest BCUT2D eigenvalue weighted by Crippen LogP contribution is -2.11. The van der Waals surface area contributed by atoms with Gasteiger partial charge in [-0.2, -0.15) is 5.10 Å². The molecule has 0 radical (unpaired) electrons.